The average molecular weight is 312 g/mol. The fourth-order valence-electron chi connectivity index (χ4n) is 2.41. The van der Waals surface area contributed by atoms with Crippen LogP contribution in [0, 0.1) is 5.82 Å². The third-order valence-corrected chi connectivity index (χ3v) is 3.45. The van der Waals surface area contributed by atoms with Gasteiger partial charge >= 0.3 is 6.16 Å². The summed E-state index contributed by atoms with van der Waals surface area (Å²) < 4.78 is 18.0. The number of ether oxygens (including phenoxy) is 1. The maximum atomic E-state index is 13.6. The minimum Gasteiger partial charge on any atom is -0.449 e. The molecular formula is C17H13FN2O3. The largest absolute Gasteiger partial charge is 0.511 e. The number of rotatable bonds is 3. The number of hydrogen-bond donors (Lipinski definition) is 2. The summed E-state index contributed by atoms with van der Waals surface area (Å²) in [5.41, 5.74) is 6.88. The van der Waals surface area contributed by atoms with Gasteiger partial charge in [0.15, 0.2) is 11.6 Å². The lowest BCUT2D eigenvalue weighted by Crippen LogP contribution is -2.20. The number of nitrogens with zero attached hydrogens (tertiary/aromatic N) is 1. The van der Waals surface area contributed by atoms with E-state index in [0.717, 1.165) is 16.8 Å². The Hall–Kier alpha value is -3.15. The third-order valence-electron chi connectivity index (χ3n) is 3.45. The molecule has 0 spiro atoms. The van der Waals surface area contributed by atoms with Crippen LogP contribution in [0.1, 0.15) is 16.7 Å². The lowest BCUT2D eigenvalue weighted by Gasteiger charge is -2.19. The molecule has 23 heavy (non-hydrogen) atoms. The summed E-state index contributed by atoms with van der Waals surface area (Å²) >= 11 is 0. The number of carboxylic acid groups (broad SMARTS) is 1. The van der Waals surface area contributed by atoms with E-state index >= 15 is 0 Å². The second-order valence-electron chi connectivity index (χ2n) is 5.00. The molecular weight excluding hydrogens is 299 g/mol. The normalized spacial score (nSPS) is 12.9. The van der Waals surface area contributed by atoms with Crippen LogP contribution in [0.2, 0.25) is 0 Å². The monoisotopic (exact) mass is 312 g/mol. The van der Waals surface area contributed by atoms with Crippen molar-refractivity contribution in [2.24, 2.45) is 5.10 Å². The van der Waals surface area contributed by atoms with Gasteiger partial charge in [-0.1, -0.05) is 36.9 Å². The van der Waals surface area contributed by atoms with Gasteiger partial charge in [-0.25, -0.2) is 9.18 Å². The molecule has 3 rings (SSSR count). The molecule has 5 nitrogen and oxygen atoms in total. The van der Waals surface area contributed by atoms with Crippen LogP contribution in [0.4, 0.5) is 9.18 Å². The van der Waals surface area contributed by atoms with E-state index < -0.39 is 12.0 Å². The fraction of sp³-hybridized carbons (Fsp3) is 0.0588. The Bertz CT molecular complexity index is 830. The van der Waals surface area contributed by atoms with Gasteiger partial charge in [0.25, 0.3) is 0 Å². The maximum Gasteiger partial charge on any atom is 0.511 e. The summed E-state index contributed by atoms with van der Waals surface area (Å²) in [6.07, 6.45) is -1.16. The van der Waals surface area contributed by atoms with Crippen molar-refractivity contribution < 1.29 is 19.0 Å². The molecule has 1 aliphatic rings. The zero-order chi connectivity index (χ0) is 16.4. The smallest absolute Gasteiger partial charge is 0.449 e. The molecule has 2 aromatic carbocycles. The van der Waals surface area contributed by atoms with E-state index in [-0.39, 0.29) is 5.75 Å². The number of nitrogens with one attached hydrogen (secondary N) is 1. The van der Waals surface area contributed by atoms with Crippen molar-refractivity contribution in [1.29, 1.82) is 0 Å². The highest BCUT2D eigenvalue weighted by Gasteiger charge is 2.17. The third kappa shape index (κ3) is 3.06. The van der Waals surface area contributed by atoms with Gasteiger partial charge in [0.05, 0.1) is 11.4 Å². The molecule has 0 saturated heterocycles. The Kier molecular flexibility index (Phi) is 3.80. The number of hydrazone groups is 1. The molecule has 2 aromatic rings. The van der Waals surface area contributed by atoms with Crippen molar-refractivity contribution in [3.63, 3.8) is 0 Å². The number of hydrogen-bond acceptors (Lipinski definition) is 4. The molecule has 0 aromatic heterocycles. The van der Waals surface area contributed by atoms with Crippen LogP contribution in [-0.2, 0) is 6.42 Å². The molecule has 0 bridgehead atoms. The van der Waals surface area contributed by atoms with Crippen LogP contribution in [0.3, 0.4) is 0 Å². The Balaban J connectivity index is 1.91. The van der Waals surface area contributed by atoms with Crippen molar-refractivity contribution >= 4 is 17.6 Å². The summed E-state index contributed by atoms with van der Waals surface area (Å²) in [6.45, 7) is 3.90. The van der Waals surface area contributed by atoms with Crippen LogP contribution < -0.4 is 10.2 Å². The topological polar surface area (TPSA) is 70.9 Å². The van der Waals surface area contributed by atoms with Gasteiger partial charge in [-0.05, 0) is 17.7 Å². The molecule has 0 fully saturated rings. The zero-order valence-electron chi connectivity index (χ0n) is 12.0. The molecule has 0 amide bonds. The van der Waals surface area contributed by atoms with E-state index in [1.165, 1.54) is 12.1 Å². The van der Waals surface area contributed by atoms with Gasteiger partial charge in [0.1, 0.15) is 0 Å². The quantitative estimate of drug-likeness (QED) is 0.673. The highest BCUT2D eigenvalue weighted by Crippen LogP contribution is 2.24. The number of halogens is 1. The van der Waals surface area contributed by atoms with E-state index in [4.69, 9.17) is 5.11 Å². The highest BCUT2D eigenvalue weighted by molar-refractivity contribution is 6.06. The van der Waals surface area contributed by atoms with Gasteiger partial charge in [-0.15, -0.1) is 0 Å². The van der Waals surface area contributed by atoms with Crippen LogP contribution >= 0.6 is 0 Å². The van der Waals surface area contributed by atoms with Gasteiger partial charge in [0, 0.05) is 17.5 Å². The molecule has 6 heteroatoms. The predicted molar refractivity (Wildman–Crippen MR) is 83.9 cm³/mol. The van der Waals surface area contributed by atoms with Crippen molar-refractivity contribution in [1.82, 2.24) is 5.43 Å². The molecule has 1 heterocycles. The van der Waals surface area contributed by atoms with Crippen LogP contribution in [0.25, 0.3) is 5.70 Å². The Morgan fingerprint density at radius 3 is 2.74 bits per heavy atom. The second kappa shape index (κ2) is 5.92. The summed E-state index contributed by atoms with van der Waals surface area (Å²) in [6, 6.07) is 11.8. The first-order valence-corrected chi connectivity index (χ1v) is 6.85. The average Bonchev–Trinajstić information content (AvgIpc) is 2.53. The SMILES string of the molecule is C=C1NN=C(Cc2ccc(F)c(OC(=O)O)c2)c2ccccc21. The Labute approximate surface area is 131 Å². The number of benzene rings is 2. The summed E-state index contributed by atoms with van der Waals surface area (Å²) in [5.74, 6) is -1.05. The molecule has 0 saturated carbocycles. The maximum absolute atomic E-state index is 13.6. The van der Waals surface area contributed by atoms with Crippen molar-refractivity contribution in [2.45, 2.75) is 6.42 Å². The second-order valence-corrected chi connectivity index (χ2v) is 5.00. The highest BCUT2D eigenvalue weighted by atomic mass is 19.1. The molecule has 0 radical (unpaired) electrons. The summed E-state index contributed by atoms with van der Waals surface area (Å²) in [4.78, 5) is 10.6. The van der Waals surface area contributed by atoms with Crippen molar-refractivity contribution in [3.8, 4) is 5.75 Å². The van der Waals surface area contributed by atoms with Gasteiger partial charge in [0.2, 0.25) is 0 Å². The van der Waals surface area contributed by atoms with Crippen molar-refractivity contribution in [2.75, 3.05) is 0 Å². The van der Waals surface area contributed by atoms with E-state index in [1.807, 2.05) is 24.3 Å². The Morgan fingerprint density at radius 2 is 2.00 bits per heavy atom. The lowest BCUT2D eigenvalue weighted by molar-refractivity contribution is 0.142. The standard InChI is InChI=1S/C17H13FN2O3/c1-10-12-4-2-3-5-13(12)15(20-19-10)8-11-6-7-14(18)16(9-11)23-17(21)22/h2-7,9,19H,1,8H2,(H,21,22). The first-order valence-electron chi connectivity index (χ1n) is 6.85. The Morgan fingerprint density at radius 1 is 1.26 bits per heavy atom. The first-order chi connectivity index (χ1) is 11.0. The van der Waals surface area contributed by atoms with E-state index in [0.29, 0.717) is 17.7 Å². The minimum atomic E-state index is -1.56. The molecule has 0 aliphatic carbocycles. The minimum absolute atomic E-state index is 0.322. The molecule has 116 valence electrons. The van der Waals surface area contributed by atoms with Crippen LogP contribution in [-0.4, -0.2) is 17.0 Å². The molecule has 0 atom stereocenters. The van der Waals surface area contributed by atoms with E-state index in [9.17, 15) is 9.18 Å². The zero-order valence-corrected chi connectivity index (χ0v) is 12.0. The number of fused-ring (bicyclic) bond motifs is 1. The van der Waals surface area contributed by atoms with E-state index in [1.54, 1.807) is 6.07 Å². The summed E-state index contributed by atoms with van der Waals surface area (Å²) in [5, 5.41) is 12.9. The molecule has 2 N–H and O–H groups in total. The van der Waals surface area contributed by atoms with Gasteiger partial charge < -0.3 is 9.84 Å². The predicted octanol–water partition coefficient (Wildman–Crippen LogP) is 3.40. The summed E-state index contributed by atoms with van der Waals surface area (Å²) in [7, 11) is 0. The molecule has 0 unspecified atom stereocenters. The fourth-order valence-corrected chi connectivity index (χ4v) is 2.41. The van der Waals surface area contributed by atoms with Crippen molar-refractivity contribution in [3.05, 3.63) is 71.6 Å². The van der Waals surface area contributed by atoms with Crippen LogP contribution in [0.5, 0.6) is 5.75 Å². The van der Waals surface area contributed by atoms with Gasteiger partial charge in [-0.3, -0.25) is 5.43 Å². The lowest BCUT2D eigenvalue weighted by atomic mass is 9.95. The van der Waals surface area contributed by atoms with Gasteiger partial charge in [-0.2, -0.15) is 5.10 Å². The molecule has 1 aliphatic heterocycles. The van der Waals surface area contributed by atoms with Crippen LogP contribution in [0.15, 0.2) is 54.1 Å². The number of carbonyl (C=O) groups is 1. The van der Waals surface area contributed by atoms with E-state index in [2.05, 4.69) is 21.8 Å². The first kappa shape index (κ1) is 14.8.